The Labute approximate surface area is 196 Å². The maximum Gasteiger partial charge on any atom is 0.412 e. The molecule has 1 aliphatic heterocycles. The fourth-order valence-electron chi connectivity index (χ4n) is 4.08. The lowest BCUT2D eigenvalue weighted by Gasteiger charge is -2.24. The molecule has 34 heavy (non-hydrogen) atoms. The SMILES string of the molecule is COc1cncc(NC(=O)OC(C)(C)C)c1C(O)c1ccc(F)c2c1cnn2C1CCCCO1. The molecular formula is C24H29FN4O5. The molecule has 0 radical (unpaired) electrons. The van der Waals surface area contributed by atoms with E-state index in [1.807, 2.05) is 0 Å². The average Bonchev–Trinajstić information content (AvgIpc) is 3.24. The Morgan fingerprint density at radius 3 is 2.76 bits per heavy atom. The predicted molar refractivity (Wildman–Crippen MR) is 123 cm³/mol. The normalized spacial score (nSPS) is 17.4. The standard InChI is InChI=1S/C24H29FN4O5/c1-24(2,3)34-23(31)28-17-12-26-13-18(32-4)20(17)22(30)14-8-9-16(25)21-15(14)11-27-29(21)19-7-5-6-10-33-19/h8-9,11-13,19,22,30H,5-7,10H2,1-4H3,(H,28,31). The number of pyridine rings is 1. The molecule has 9 nitrogen and oxygen atoms in total. The van der Waals surface area contributed by atoms with Crippen molar-refractivity contribution in [2.24, 2.45) is 0 Å². The van der Waals surface area contributed by atoms with Crippen LogP contribution >= 0.6 is 0 Å². The van der Waals surface area contributed by atoms with Gasteiger partial charge in [0.2, 0.25) is 0 Å². The molecule has 2 atom stereocenters. The Balaban J connectivity index is 1.76. The van der Waals surface area contributed by atoms with Gasteiger partial charge in [0.15, 0.2) is 6.23 Å². The Hall–Kier alpha value is -3.24. The van der Waals surface area contributed by atoms with Crippen LogP contribution in [0.15, 0.2) is 30.7 Å². The molecule has 2 unspecified atom stereocenters. The summed E-state index contributed by atoms with van der Waals surface area (Å²) in [6, 6.07) is 2.78. The van der Waals surface area contributed by atoms with E-state index in [9.17, 15) is 14.3 Å². The van der Waals surface area contributed by atoms with Crippen LogP contribution in [-0.2, 0) is 9.47 Å². The number of benzene rings is 1. The minimum atomic E-state index is -1.28. The number of aliphatic hydroxyl groups excluding tert-OH is 1. The number of hydrogen-bond acceptors (Lipinski definition) is 7. The fourth-order valence-corrected chi connectivity index (χ4v) is 4.08. The van der Waals surface area contributed by atoms with Crippen LogP contribution in [0.1, 0.15) is 63.5 Å². The molecule has 1 aliphatic rings. The van der Waals surface area contributed by atoms with Gasteiger partial charge in [0, 0.05) is 12.0 Å². The van der Waals surface area contributed by atoms with Crippen molar-refractivity contribution in [1.29, 1.82) is 0 Å². The van der Waals surface area contributed by atoms with Gasteiger partial charge in [-0.25, -0.2) is 13.9 Å². The third kappa shape index (κ3) is 4.83. The summed E-state index contributed by atoms with van der Waals surface area (Å²) < 4.78 is 33.0. The van der Waals surface area contributed by atoms with Gasteiger partial charge in [0.05, 0.1) is 37.0 Å². The van der Waals surface area contributed by atoms with E-state index in [1.165, 1.54) is 42.5 Å². The molecule has 1 aromatic carbocycles. The van der Waals surface area contributed by atoms with Crippen LogP contribution in [0, 0.1) is 5.82 Å². The second-order valence-electron chi connectivity index (χ2n) is 9.14. The number of fused-ring (bicyclic) bond motifs is 1. The van der Waals surface area contributed by atoms with Crippen LogP contribution in [0.2, 0.25) is 0 Å². The van der Waals surface area contributed by atoms with E-state index in [0.29, 0.717) is 17.6 Å². The molecule has 1 amide bonds. The van der Waals surface area contributed by atoms with Crippen molar-refractivity contribution >= 4 is 22.7 Å². The third-order valence-electron chi connectivity index (χ3n) is 5.54. The topological polar surface area (TPSA) is 108 Å². The van der Waals surface area contributed by atoms with Crippen molar-refractivity contribution in [3.8, 4) is 5.75 Å². The number of halogens is 1. The zero-order valence-corrected chi connectivity index (χ0v) is 19.7. The Morgan fingerprint density at radius 2 is 2.09 bits per heavy atom. The maximum atomic E-state index is 14.9. The highest BCUT2D eigenvalue weighted by Gasteiger charge is 2.28. The van der Waals surface area contributed by atoms with Gasteiger partial charge in [-0.3, -0.25) is 10.3 Å². The number of nitrogens with one attached hydrogen (secondary N) is 1. The maximum absolute atomic E-state index is 14.9. The first-order valence-electron chi connectivity index (χ1n) is 11.2. The molecule has 1 saturated heterocycles. The molecule has 0 saturated carbocycles. The summed E-state index contributed by atoms with van der Waals surface area (Å²) in [5.41, 5.74) is 0.404. The first kappa shape index (κ1) is 23.9. The third-order valence-corrected chi connectivity index (χ3v) is 5.54. The van der Waals surface area contributed by atoms with E-state index in [4.69, 9.17) is 14.2 Å². The number of methoxy groups -OCH3 is 1. The van der Waals surface area contributed by atoms with Gasteiger partial charge in [-0.15, -0.1) is 0 Å². The number of hydrogen-bond donors (Lipinski definition) is 2. The monoisotopic (exact) mass is 472 g/mol. The molecule has 4 rings (SSSR count). The van der Waals surface area contributed by atoms with E-state index in [-0.39, 0.29) is 28.7 Å². The van der Waals surface area contributed by atoms with E-state index >= 15 is 0 Å². The number of anilines is 1. The van der Waals surface area contributed by atoms with Crippen molar-refractivity contribution in [1.82, 2.24) is 14.8 Å². The Bertz CT molecular complexity index is 1180. The van der Waals surface area contributed by atoms with Gasteiger partial charge in [-0.05, 0) is 51.7 Å². The van der Waals surface area contributed by atoms with Crippen LogP contribution < -0.4 is 10.1 Å². The second-order valence-corrected chi connectivity index (χ2v) is 9.14. The largest absolute Gasteiger partial charge is 0.495 e. The quantitative estimate of drug-likeness (QED) is 0.554. The minimum absolute atomic E-state index is 0.210. The van der Waals surface area contributed by atoms with E-state index in [1.54, 1.807) is 20.8 Å². The molecule has 2 aromatic heterocycles. The Kier molecular flexibility index (Phi) is 6.72. The summed E-state index contributed by atoms with van der Waals surface area (Å²) in [4.78, 5) is 16.5. The van der Waals surface area contributed by atoms with Gasteiger partial charge in [-0.1, -0.05) is 6.07 Å². The molecule has 3 heterocycles. The van der Waals surface area contributed by atoms with Crippen molar-refractivity contribution in [3.05, 3.63) is 47.7 Å². The van der Waals surface area contributed by atoms with Crippen LogP contribution in [0.25, 0.3) is 10.9 Å². The lowest BCUT2D eigenvalue weighted by atomic mass is 9.97. The van der Waals surface area contributed by atoms with E-state index < -0.39 is 23.6 Å². The number of ether oxygens (including phenoxy) is 3. The summed E-state index contributed by atoms with van der Waals surface area (Å²) in [7, 11) is 1.43. The minimum Gasteiger partial charge on any atom is -0.495 e. The summed E-state index contributed by atoms with van der Waals surface area (Å²) in [6.45, 7) is 5.82. The molecular weight excluding hydrogens is 443 g/mol. The lowest BCUT2D eigenvalue weighted by Crippen LogP contribution is -2.27. The smallest absolute Gasteiger partial charge is 0.412 e. The molecule has 2 N–H and O–H groups in total. The Morgan fingerprint density at radius 1 is 1.29 bits per heavy atom. The van der Waals surface area contributed by atoms with Crippen molar-refractivity contribution in [2.45, 2.75) is 58.0 Å². The summed E-state index contributed by atoms with van der Waals surface area (Å²) in [5.74, 6) is -0.215. The number of amides is 1. The number of rotatable bonds is 5. The number of nitrogens with zero attached hydrogens (tertiary/aromatic N) is 3. The highest BCUT2D eigenvalue weighted by molar-refractivity contribution is 5.88. The molecule has 1 fully saturated rings. The van der Waals surface area contributed by atoms with Gasteiger partial charge in [0.25, 0.3) is 0 Å². The van der Waals surface area contributed by atoms with Crippen LogP contribution in [0.4, 0.5) is 14.9 Å². The van der Waals surface area contributed by atoms with Crippen LogP contribution in [0.5, 0.6) is 5.75 Å². The number of carbonyl (C=O) groups is 1. The van der Waals surface area contributed by atoms with Gasteiger partial charge in [-0.2, -0.15) is 5.10 Å². The molecule has 0 spiro atoms. The molecule has 10 heteroatoms. The van der Waals surface area contributed by atoms with E-state index in [0.717, 1.165) is 19.3 Å². The molecule has 0 bridgehead atoms. The van der Waals surface area contributed by atoms with E-state index in [2.05, 4.69) is 15.4 Å². The van der Waals surface area contributed by atoms with Crippen LogP contribution in [-0.4, -0.2) is 45.3 Å². The predicted octanol–water partition coefficient (Wildman–Crippen LogP) is 4.71. The second kappa shape index (κ2) is 9.55. The highest BCUT2D eigenvalue weighted by atomic mass is 19.1. The molecule has 0 aliphatic carbocycles. The van der Waals surface area contributed by atoms with Crippen molar-refractivity contribution in [2.75, 3.05) is 19.0 Å². The summed E-state index contributed by atoms with van der Waals surface area (Å²) >= 11 is 0. The average molecular weight is 473 g/mol. The fraction of sp³-hybridized carbons (Fsp3) is 0.458. The van der Waals surface area contributed by atoms with Gasteiger partial charge in [0.1, 0.15) is 28.8 Å². The number of carbonyl (C=O) groups excluding carboxylic acids is 1. The van der Waals surface area contributed by atoms with Gasteiger partial charge < -0.3 is 19.3 Å². The highest BCUT2D eigenvalue weighted by Crippen LogP contribution is 2.39. The summed E-state index contributed by atoms with van der Waals surface area (Å²) in [5, 5.41) is 18.9. The van der Waals surface area contributed by atoms with Gasteiger partial charge >= 0.3 is 6.09 Å². The first-order chi connectivity index (χ1) is 16.2. The number of aromatic nitrogens is 3. The molecule has 3 aromatic rings. The first-order valence-corrected chi connectivity index (χ1v) is 11.2. The molecule has 182 valence electrons. The summed E-state index contributed by atoms with van der Waals surface area (Å²) in [6.07, 6.45) is 4.63. The van der Waals surface area contributed by atoms with Crippen molar-refractivity contribution < 1.29 is 28.5 Å². The zero-order chi connectivity index (χ0) is 24.5. The zero-order valence-electron chi connectivity index (χ0n) is 19.7. The lowest BCUT2D eigenvalue weighted by molar-refractivity contribution is -0.0369. The number of aliphatic hydroxyl groups is 1. The van der Waals surface area contributed by atoms with Crippen molar-refractivity contribution in [3.63, 3.8) is 0 Å². The van der Waals surface area contributed by atoms with Crippen LogP contribution in [0.3, 0.4) is 0 Å².